The Bertz CT molecular complexity index is 687. The van der Waals surface area contributed by atoms with Gasteiger partial charge in [0.05, 0.1) is 18.2 Å². The van der Waals surface area contributed by atoms with Crippen molar-refractivity contribution in [3.8, 4) is 0 Å². The van der Waals surface area contributed by atoms with Crippen LogP contribution in [-0.2, 0) is 20.7 Å². The van der Waals surface area contributed by atoms with E-state index in [1.807, 2.05) is 6.92 Å². The fraction of sp³-hybridized carbons (Fsp3) is 0.562. The van der Waals surface area contributed by atoms with Crippen LogP contribution in [0.4, 0.5) is 17.6 Å². The number of nitrogens with one attached hydrogen (secondary N) is 1. The molecule has 1 aromatic heterocycles. The summed E-state index contributed by atoms with van der Waals surface area (Å²) in [5, 5.41) is 10.4. The molecule has 11 heteroatoms. The molecule has 0 saturated carbocycles. The van der Waals surface area contributed by atoms with Crippen LogP contribution in [0.1, 0.15) is 25.5 Å². The van der Waals surface area contributed by atoms with Crippen molar-refractivity contribution >= 4 is 27.9 Å². The van der Waals surface area contributed by atoms with E-state index in [0.717, 1.165) is 0 Å². The summed E-state index contributed by atoms with van der Waals surface area (Å²) in [6, 6.07) is 3.11. The summed E-state index contributed by atoms with van der Waals surface area (Å²) in [7, 11) is 1.38. The van der Waals surface area contributed by atoms with Gasteiger partial charge in [0.15, 0.2) is 0 Å². The second kappa shape index (κ2) is 9.45. The van der Waals surface area contributed by atoms with E-state index in [-0.39, 0.29) is 24.2 Å². The molecule has 2 rings (SSSR count). The van der Waals surface area contributed by atoms with Gasteiger partial charge >= 0.3 is 18.1 Å². The van der Waals surface area contributed by atoms with E-state index >= 15 is 0 Å². The molecule has 0 radical (unpaired) electrons. The van der Waals surface area contributed by atoms with Crippen LogP contribution in [0, 0.1) is 11.2 Å². The summed E-state index contributed by atoms with van der Waals surface area (Å²) in [5.41, 5.74) is -0.396. The standard InChI is InChI=1S/C14H18BrFN2O2.C2HF3O2/c1-9-7-14(5-6-17-9,13(19)20-2)8-11-10(16)3-4-12(15)18-11;3-2(4,5)1(6)7/h3-4,9,17H,5-8H2,1-2H3;(H,6,7)/t9-,14-;/m1./s1. The first kappa shape index (κ1) is 23.3. The third kappa shape index (κ3) is 6.73. The molecule has 1 saturated heterocycles. The van der Waals surface area contributed by atoms with Crippen LogP contribution >= 0.6 is 15.9 Å². The minimum absolute atomic E-state index is 0.193. The predicted molar refractivity (Wildman–Crippen MR) is 90.4 cm³/mol. The zero-order valence-electron chi connectivity index (χ0n) is 14.6. The van der Waals surface area contributed by atoms with Crippen molar-refractivity contribution in [2.75, 3.05) is 13.7 Å². The van der Waals surface area contributed by atoms with Gasteiger partial charge in [0, 0.05) is 12.5 Å². The smallest absolute Gasteiger partial charge is 0.475 e. The lowest BCUT2D eigenvalue weighted by Crippen LogP contribution is -2.48. The van der Waals surface area contributed by atoms with Crippen LogP contribution in [0.15, 0.2) is 16.7 Å². The molecule has 1 aliphatic heterocycles. The number of rotatable bonds is 3. The third-order valence-corrected chi connectivity index (χ3v) is 4.49. The Kier molecular flexibility index (Phi) is 8.15. The zero-order chi connectivity index (χ0) is 20.8. The summed E-state index contributed by atoms with van der Waals surface area (Å²) in [6.45, 7) is 2.73. The number of methoxy groups -OCH3 is 1. The maximum absolute atomic E-state index is 13.9. The number of esters is 1. The van der Waals surface area contributed by atoms with Crippen molar-refractivity contribution in [2.45, 2.75) is 38.4 Å². The number of aliphatic carboxylic acids is 1. The molecule has 6 nitrogen and oxygen atoms in total. The van der Waals surface area contributed by atoms with Gasteiger partial charge in [-0.15, -0.1) is 0 Å². The van der Waals surface area contributed by atoms with Gasteiger partial charge in [-0.25, -0.2) is 14.2 Å². The molecular formula is C16H19BrF4N2O4. The van der Waals surface area contributed by atoms with Crippen LogP contribution in [-0.4, -0.2) is 47.9 Å². The topological polar surface area (TPSA) is 88.5 Å². The third-order valence-electron chi connectivity index (χ3n) is 4.04. The largest absolute Gasteiger partial charge is 0.490 e. The highest BCUT2D eigenvalue weighted by Crippen LogP contribution is 2.36. The Balaban J connectivity index is 0.000000445. The van der Waals surface area contributed by atoms with Gasteiger partial charge in [0.1, 0.15) is 10.4 Å². The summed E-state index contributed by atoms with van der Waals surface area (Å²) >= 11 is 3.24. The van der Waals surface area contributed by atoms with Crippen LogP contribution in [0.2, 0.25) is 0 Å². The van der Waals surface area contributed by atoms with Crippen LogP contribution in [0.3, 0.4) is 0 Å². The number of halogens is 5. The maximum Gasteiger partial charge on any atom is 0.490 e. The van der Waals surface area contributed by atoms with E-state index in [9.17, 15) is 22.4 Å². The van der Waals surface area contributed by atoms with Gasteiger partial charge in [-0.3, -0.25) is 4.79 Å². The Labute approximate surface area is 161 Å². The van der Waals surface area contributed by atoms with Gasteiger partial charge in [0.25, 0.3) is 0 Å². The molecular weight excluding hydrogens is 440 g/mol. The highest BCUT2D eigenvalue weighted by Gasteiger charge is 2.43. The number of carbonyl (C=O) groups is 2. The Morgan fingerprint density at radius 1 is 1.44 bits per heavy atom. The number of hydrogen-bond donors (Lipinski definition) is 2. The first-order chi connectivity index (χ1) is 12.4. The number of ether oxygens (including phenoxy) is 1. The van der Waals surface area contributed by atoms with Crippen LogP contribution < -0.4 is 5.32 Å². The molecule has 2 N–H and O–H groups in total. The molecule has 0 amide bonds. The number of nitrogens with zero attached hydrogens (tertiary/aromatic N) is 1. The number of hydrogen-bond acceptors (Lipinski definition) is 5. The minimum atomic E-state index is -5.08. The van der Waals surface area contributed by atoms with E-state index in [1.165, 1.54) is 13.2 Å². The molecule has 1 aliphatic rings. The molecule has 152 valence electrons. The molecule has 2 heterocycles. The highest BCUT2D eigenvalue weighted by molar-refractivity contribution is 9.10. The minimum Gasteiger partial charge on any atom is -0.475 e. The summed E-state index contributed by atoms with van der Waals surface area (Å²) in [6.07, 6.45) is -3.58. The van der Waals surface area contributed by atoms with Gasteiger partial charge in [-0.05, 0) is 54.4 Å². The van der Waals surface area contributed by atoms with Crippen molar-refractivity contribution in [1.82, 2.24) is 10.3 Å². The lowest BCUT2D eigenvalue weighted by Gasteiger charge is -2.38. The normalized spacial score (nSPS) is 22.4. The summed E-state index contributed by atoms with van der Waals surface area (Å²) in [5.74, 6) is -3.43. The van der Waals surface area contributed by atoms with E-state index in [1.54, 1.807) is 6.07 Å². The molecule has 0 bridgehead atoms. The predicted octanol–water partition coefficient (Wildman–Crippen LogP) is 3.09. The summed E-state index contributed by atoms with van der Waals surface area (Å²) < 4.78 is 51.2. The molecule has 1 fully saturated rings. The highest BCUT2D eigenvalue weighted by atomic mass is 79.9. The zero-order valence-corrected chi connectivity index (χ0v) is 16.2. The van der Waals surface area contributed by atoms with Gasteiger partial charge in [-0.1, -0.05) is 0 Å². The fourth-order valence-corrected chi connectivity index (χ4v) is 3.20. The van der Waals surface area contributed by atoms with E-state index in [2.05, 4.69) is 26.2 Å². The second-order valence-electron chi connectivity index (χ2n) is 6.12. The fourth-order valence-electron chi connectivity index (χ4n) is 2.86. The van der Waals surface area contributed by atoms with E-state index in [0.29, 0.717) is 29.7 Å². The molecule has 27 heavy (non-hydrogen) atoms. The Morgan fingerprint density at radius 2 is 2.04 bits per heavy atom. The first-order valence-corrected chi connectivity index (χ1v) is 8.63. The van der Waals surface area contributed by atoms with E-state index in [4.69, 9.17) is 14.6 Å². The number of piperidine rings is 1. The lowest BCUT2D eigenvalue weighted by atomic mass is 9.73. The number of pyridine rings is 1. The van der Waals surface area contributed by atoms with Crippen molar-refractivity contribution in [1.29, 1.82) is 0 Å². The van der Waals surface area contributed by atoms with E-state index < -0.39 is 17.6 Å². The molecule has 1 aromatic rings. The van der Waals surface area contributed by atoms with Crippen molar-refractivity contribution in [3.05, 3.63) is 28.2 Å². The number of carboxylic acid groups (broad SMARTS) is 1. The number of aromatic nitrogens is 1. The second-order valence-corrected chi connectivity index (χ2v) is 6.94. The van der Waals surface area contributed by atoms with Crippen molar-refractivity contribution < 1.29 is 37.0 Å². The average molecular weight is 459 g/mol. The number of alkyl halides is 3. The molecule has 0 aliphatic carbocycles. The van der Waals surface area contributed by atoms with Crippen LogP contribution in [0.5, 0.6) is 0 Å². The monoisotopic (exact) mass is 458 g/mol. The average Bonchev–Trinajstić information content (AvgIpc) is 2.57. The Morgan fingerprint density at radius 3 is 2.52 bits per heavy atom. The van der Waals surface area contributed by atoms with Crippen LogP contribution in [0.25, 0.3) is 0 Å². The molecule has 0 spiro atoms. The molecule has 0 unspecified atom stereocenters. The number of carbonyl (C=O) groups excluding carboxylic acids is 1. The molecule has 2 atom stereocenters. The Hall–Kier alpha value is -1.75. The van der Waals surface area contributed by atoms with Crippen molar-refractivity contribution in [3.63, 3.8) is 0 Å². The maximum atomic E-state index is 13.9. The van der Waals surface area contributed by atoms with Gasteiger partial charge in [-0.2, -0.15) is 13.2 Å². The lowest BCUT2D eigenvalue weighted by molar-refractivity contribution is -0.192. The first-order valence-electron chi connectivity index (χ1n) is 7.84. The number of carboxylic acids is 1. The van der Waals surface area contributed by atoms with Gasteiger partial charge < -0.3 is 15.2 Å². The molecule has 0 aromatic carbocycles. The quantitative estimate of drug-likeness (QED) is 0.411. The summed E-state index contributed by atoms with van der Waals surface area (Å²) in [4.78, 5) is 25.3. The SMILES string of the molecule is COC(=O)[C@]1(Cc2nc(Br)ccc2F)CCN[C@H](C)C1.O=C(O)C(F)(F)F. The van der Waals surface area contributed by atoms with Crippen molar-refractivity contribution in [2.24, 2.45) is 5.41 Å². The van der Waals surface area contributed by atoms with Gasteiger partial charge in [0.2, 0.25) is 0 Å².